The summed E-state index contributed by atoms with van der Waals surface area (Å²) < 4.78 is 4.56. The van der Waals surface area contributed by atoms with Gasteiger partial charge in [-0.05, 0) is 77.4 Å². The van der Waals surface area contributed by atoms with Crippen molar-refractivity contribution in [3.8, 4) is 39.7 Å². The fourth-order valence-corrected chi connectivity index (χ4v) is 7.24. The van der Waals surface area contributed by atoms with E-state index in [1.807, 2.05) is 30.3 Å². The van der Waals surface area contributed by atoms with Gasteiger partial charge in [-0.15, -0.1) is 0 Å². The molecule has 0 atom stereocenters. The van der Waals surface area contributed by atoms with Crippen LogP contribution >= 0.6 is 0 Å². The first-order valence-corrected chi connectivity index (χ1v) is 15.9. The van der Waals surface area contributed by atoms with Gasteiger partial charge in [-0.3, -0.25) is 0 Å². The molecule has 0 aliphatic heterocycles. The Morgan fingerprint density at radius 2 is 1.02 bits per heavy atom. The summed E-state index contributed by atoms with van der Waals surface area (Å²) in [7, 11) is 0. The monoisotopic (exact) mass is 610 g/mol. The summed E-state index contributed by atoms with van der Waals surface area (Å²) in [6.07, 6.45) is 0. The summed E-state index contributed by atoms with van der Waals surface area (Å²) in [5.41, 5.74) is 11.4. The summed E-state index contributed by atoms with van der Waals surface area (Å²) in [6, 6.07) is 56.6. The van der Waals surface area contributed by atoms with Gasteiger partial charge in [0.05, 0.1) is 40.3 Å². The second-order valence-corrected chi connectivity index (χ2v) is 12.0. The van der Waals surface area contributed by atoms with E-state index in [1.54, 1.807) is 0 Å². The van der Waals surface area contributed by atoms with E-state index < -0.39 is 0 Å². The van der Waals surface area contributed by atoms with Gasteiger partial charge >= 0.3 is 0 Å². The molecule has 0 spiro atoms. The second-order valence-electron chi connectivity index (χ2n) is 12.0. The number of aromatic nitrogens is 2. The van der Waals surface area contributed by atoms with Gasteiger partial charge in [-0.25, -0.2) is 4.85 Å². The number of fused-ring (bicyclic) bond motifs is 6. The van der Waals surface area contributed by atoms with Gasteiger partial charge in [0.2, 0.25) is 0 Å². The largest absolute Gasteiger partial charge is 0.310 e. The molecular formula is C44H26N4. The highest BCUT2D eigenvalue weighted by Crippen LogP contribution is 2.40. The van der Waals surface area contributed by atoms with E-state index in [0.717, 1.165) is 66.5 Å². The lowest BCUT2D eigenvalue weighted by Gasteiger charge is -2.16. The predicted molar refractivity (Wildman–Crippen MR) is 197 cm³/mol. The molecule has 4 heteroatoms. The van der Waals surface area contributed by atoms with Crippen molar-refractivity contribution in [2.75, 3.05) is 0 Å². The minimum absolute atomic E-state index is 0.561. The Morgan fingerprint density at radius 3 is 1.58 bits per heavy atom. The summed E-state index contributed by atoms with van der Waals surface area (Å²) in [4.78, 5) is 3.79. The van der Waals surface area contributed by atoms with Crippen LogP contribution in [0.15, 0.2) is 158 Å². The van der Waals surface area contributed by atoms with Gasteiger partial charge < -0.3 is 9.13 Å². The summed E-state index contributed by atoms with van der Waals surface area (Å²) >= 11 is 0. The molecule has 0 bridgehead atoms. The van der Waals surface area contributed by atoms with E-state index in [4.69, 9.17) is 6.57 Å². The Hall–Kier alpha value is -6.88. The molecule has 48 heavy (non-hydrogen) atoms. The summed E-state index contributed by atoms with van der Waals surface area (Å²) in [5.74, 6) is 0. The van der Waals surface area contributed by atoms with Crippen molar-refractivity contribution in [1.29, 1.82) is 5.26 Å². The number of nitrogens with zero attached hydrogens (tertiary/aromatic N) is 4. The van der Waals surface area contributed by atoms with Crippen LogP contribution in [0, 0.1) is 17.9 Å². The first-order valence-electron chi connectivity index (χ1n) is 15.9. The maximum absolute atomic E-state index is 10.2. The van der Waals surface area contributed by atoms with Crippen LogP contribution in [-0.4, -0.2) is 9.13 Å². The van der Waals surface area contributed by atoms with Crippen molar-refractivity contribution in [1.82, 2.24) is 9.13 Å². The highest BCUT2D eigenvalue weighted by Gasteiger charge is 2.18. The Labute approximate surface area is 277 Å². The fraction of sp³-hybridized carbons (Fsp3) is 0. The minimum atomic E-state index is 0.561. The molecular weight excluding hydrogens is 585 g/mol. The maximum atomic E-state index is 10.2. The molecule has 7 aromatic carbocycles. The third-order valence-electron chi connectivity index (χ3n) is 9.32. The molecule has 0 amide bonds. The molecule has 0 aliphatic rings. The molecule has 0 aliphatic carbocycles. The molecule has 222 valence electrons. The van der Waals surface area contributed by atoms with Crippen LogP contribution in [-0.2, 0) is 0 Å². The van der Waals surface area contributed by atoms with Crippen molar-refractivity contribution in [2.24, 2.45) is 0 Å². The zero-order valence-electron chi connectivity index (χ0n) is 25.8. The van der Waals surface area contributed by atoms with Crippen molar-refractivity contribution in [3.63, 3.8) is 0 Å². The van der Waals surface area contributed by atoms with Gasteiger partial charge in [0.1, 0.15) is 0 Å². The highest BCUT2D eigenvalue weighted by molar-refractivity contribution is 6.10. The van der Waals surface area contributed by atoms with E-state index in [-0.39, 0.29) is 0 Å². The topological polar surface area (TPSA) is 38.0 Å². The zero-order chi connectivity index (χ0) is 32.2. The molecule has 9 rings (SSSR count). The number of rotatable bonds is 4. The predicted octanol–water partition coefficient (Wildman–Crippen LogP) is 11.6. The Kier molecular flexibility index (Phi) is 6.22. The molecule has 0 unspecified atom stereocenters. The normalized spacial score (nSPS) is 11.3. The Morgan fingerprint density at radius 1 is 0.479 bits per heavy atom. The fourth-order valence-electron chi connectivity index (χ4n) is 7.24. The lowest BCUT2D eigenvalue weighted by atomic mass is 9.95. The van der Waals surface area contributed by atoms with Crippen LogP contribution in [0.3, 0.4) is 0 Å². The van der Waals surface area contributed by atoms with Gasteiger partial charge in [-0.1, -0.05) is 97.1 Å². The lowest BCUT2D eigenvalue weighted by molar-refractivity contribution is 1.18. The SMILES string of the molecule is [C-]#[N+]c1ccc(-c2cc(C#N)cc(-c3cccc(-n4c5ccccc5c5ccccc54)c3)c2)c(-n2c3ccccc3c3ccccc32)c1. The molecule has 2 heterocycles. The summed E-state index contributed by atoms with van der Waals surface area (Å²) in [5, 5.41) is 15.0. The van der Waals surface area contributed by atoms with E-state index in [9.17, 15) is 5.26 Å². The Bertz CT molecular complexity index is 2710. The van der Waals surface area contributed by atoms with Gasteiger partial charge in [0.25, 0.3) is 0 Å². The molecule has 9 aromatic rings. The van der Waals surface area contributed by atoms with Crippen LogP contribution in [0.4, 0.5) is 5.69 Å². The molecule has 0 N–H and O–H groups in total. The van der Waals surface area contributed by atoms with Crippen molar-refractivity contribution in [2.45, 2.75) is 0 Å². The number of para-hydroxylation sites is 4. The van der Waals surface area contributed by atoms with Gasteiger partial charge in [0, 0.05) is 38.5 Å². The zero-order valence-corrected chi connectivity index (χ0v) is 25.8. The lowest BCUT2D eigenvalue weighted by Crippen LogP contribution is -1.98. The molecule has 4 nitrogen and oxygen atoms in total. The van der Waals surface area contributed by atoms with Crippen LogP contribution in [0.2, 0.25) is 0 Å². The van der Waals surface area contributed by atoms with Crippen LogP contribution < -0.4 is 0 Å². The number of hydrogen-bond donors (Lipinski definition) is 0. The van der Waals surface area contributed by atoms with Crippen LogP contribution in [0.5, 0.6) is 0 Å². The quantitative estimate of drug-likeness (QED) is 0.183. The number of benzene rings is 7. The van der Waals surface area contributed by atoms with E-state index >= 15 is 0 Å². The van der Waals surface area contributed by atoms with E-state index in [1.165, 1.54) is 10.8 Å². The summed E-state index contributed by atoms with van der Waals surface area (Å²) in [6.45, 7) is 7.83. The van der Waals surface area contributed by atoms with Gasteiger partial charge in [0.15, 0.2) is 5.69 Å². The van der Waals surface area contributed by atoms with Crippen LogP contribution in [0.1, 0.15) is 5.56 Å². The minimum Gasteiger partial charge on any atom is -0.310 e. The third-order valence-corrected chi connectivity index (χ3v) is 9.32. The van der Waals surface area contributed by atoms with Gasteiger partial charge in [-0.2, -0.15) is 5.26 Å². The molecule has 0 radical (unpaired) electrons. The third kappa shape index (κ3) is 4.22. The average molecular weight is 611 g/mol. The first-order chi connectivity index (χ1) is 23.7. The van der Waals surface area contributed by atoms with E-state index in [0.29, 0.717) is 11.3 Å². The van der Waals surface area contributed by atoms with Crippen LogP contribution in [0.25, 0.3) is 82.1 Å². The molecule has 0 fully saturated rings. The Balaban J connectivity index is 1.26. The second kappa shape index (κ2) is 10.9. The average Bonchev–Trinajstić information content (AvgIpc) is 3.67. The van der Waals surface area contributed by atoms with Crippen molar-refractivity contribution >= 4 is 49.3 Å². The van der Waals surface area contributed by atoms with Crippen molar-refractivity contribution in [3.05, 3.63) is 175 Å². The first kappa shape index (κ1) is 27.4. The number of hydrogen-bond acceptors (Lipinski definition) is 1. The van der Waals surface area contributed by atoms with Crippen molar-refractivity contribution < 1.29 is 0 Å². The maximum Gasteiger partial charge on any atom is 0.189 e. The molecule has 0 saturated heterocycles. The van der Waals surface area contributed by atoms with E-state index in [2.05, 4.69) is 147 Å². The molecule has 2 aromatic heterocycles. The highest BCUT2D eigenvalue weighted by atomic mass is 15.0. The standard InChI is InChI=1S/C44H26N4/c1-46-33-21-22-35(44(27-33)48-42-19-8-4-15-38(42)39-16-5-9-20-43(39)48)32-24-29(28-45)23-31(25-32)30-11-10-12-34(26-30)47-40-17-6-2-13-36(40)37-14-3-7-18-41(37)47/h2-27H. The molecule has 0 saturated carbocycles. The smallest absolute Gasteiger partial charge is 0.189 e. The number of nitriles is 1.